The maximum atomic E-state index is 12.9. The molecule has 1 aromatic rings. The molecule has 1 aromatic carbocycles. The maximum absolute atomic E-state index is 12.9. The van der Waals surface area contributed by atoms with Gasteiger partial charge >= 0.3 is 0 Å². The SMILES string of the molecule is C[B]c1cc(C=O)c(F)cc1C. The Labute approximate surface area is 71.8 Å². The lowest BCUT2D eigenvalue weighted by Crippen LogP contribution is -2.16. The van der Waals surface area contributed by atoms with E-state index in [1.807, 2.05) is 21.0 Å². The van der Waals surface area contributed by atoms with Crippen LogP contribution in [0.5, 0.6) is 0 Å². The summed E-state index contributed by atoms with van der Waals surface area (Å²) in [6.45, 7) is 3.67. The summed E-state index contributed by atoms with van der Waals surface area (Å²) >= 11 is 0. The first-order valence-electron chi connectivity index (χ1n) is 3.73. The van der Waals surface area contributed by atoms with E-state index in [0.29, 0.717) is 6.29 Å². The molecule has 0 spiro atoms. The average molecular weight is 163 g/mol. The zero-order valence-electron chi connectivity index (χ0n) is 7.10. The predicted molar refractivity (Wildman–Crippen MR) is 47.8 cm³/mol. The monoisotopic (exact) mass is 163 g/mol. The van der Waals surface area contributed by atoms with E-state index in [9.17, 15) is 9.18 Å². The maximum Gasteiger partial charge on any atom is 0.152 e. The Morgan fingerprint density at radius 3 is 2.67 bits per heavy atom. The quantitative estimate of drug-likeness (QED) is 0.474. The number of aryl methyl sites for hydroxylation is 1. The summed E-state index contributed by atoms with van der Waals surface area (Å²) in [6, 6.07) is 2.93. The normalized spacial score (nSPS) is 9.58. The van der Waals surface area contributed by atoms with Gasteiger partial charge in [-0.2, -0.15) is 0 Å². The van der Waals surface area contributed by atoms with Crippen LogP contribution in [-0.2, 0) is 0 Å². The molecule has 0 aliphatic rings. The van der Waals surface area contributed by atoms with Crippen molar-refractivity contribution in [3.63, 3.8) is 0 Å². The van der Waals surface area contributed by atoms with Crippen LogP contribution in [0.15, 0.2) is 12.1 Å². The molecule has 0 saturated carbocycles. The Hall–Kier alpha value is -1.12. The van der Waals surface area contributed by atoms with E-state index in [2.05, 4.69) is 0 Å². The second kappa shape index (κ2) is 3.52. The Balaban J connectivity index is 3.26. The number of halogens is 1. The summed E-state index contributed by atoms with van der Waals surface area (Å²) in [5, 5.41) is 0. The van der Waals surface area contributed by atoms with E-state index in [4.69, 9.17) is 0 Å². The van der Waals surface area contributed by atoms with Gasteiger partial charge in [-0.3, -0.25) is 4.79 Å². The van der Waals surface area contributed by atoms with Gasteiger partial charge in [-0.05, 0) is 13.0 Å². The molecule has 0 N–H and O–H groups in total. The molecule has 0 aliphatic carbocycles. The fourth-order valence-corrected chi connectivity index (χ4v) is 1.11. The van der Waals surface area contributed by atoms with Crippen molar-refractivity contribution in [3.8, 4) is 0 Å². The molecule has 1 radical (unpaired) electrons. The summed E-state index contributed by atoms with van der Waals surface area (Å²) in [7, 11) is 1.85. The van der Waals surface area contributed by atoms with Crippen LogP contribution in [0.4, 0.5) is 4.39 Å². The summed E-state index contributed by atoms with van der Waals surface area (Å²) < 4.78 is 12.9. The highest BCUT2D eigenvalue weighted by atomic mass is 19.1. The van der Waals surface area contributed by atoms with Crippen molar-refractivity contribution in [2.24, 2.45) is 0 Å². The van der Waals surface area contributed by atoms with E-state index in [-0.39, 0.29) is 5.56 Å². The third-order valence-corrected chi connectivity index (χ3v) is 1.82. The number of carbonyl (C=O) groups is 1. The van der Waals surface area contributed by atoms with Gasteiger partial charge in [0.1, 0.15) is 13.1 Å². The smallest absolute Gasteiger partial charge is 0.152 e. The van der Waals surface area contributed by atoms with Crippen LogP contribution in [0.1, 0.15) is 15.9 Å². The highest BCUT2D eigenvalue weighted by Crippen LogP contribution is 2.05. The Morgan fingerprint density at radius 1 is 1.50 bits per heavy atom. The van der Waals surface area contributed by atoms with Gasteiger partial charge < -0.3 is 0 Å². The van der Waals surface area contributed by atoms with Crippen molar-refractivity contribution in [2.75, 3.05) is 0 Å². The lowest BCUT2D eigenvalue weighted by atomic mass is 9.70. The first-order valence-corrected chi connectivity index (χ1v) is 3.73. The van der Waals surface area contributed by atoms with E-state index >= 15 is 0 Å². The minimum Gasteiger partial charge on any atom is -0.298 e. The lowest BCUT2D eigenvalue weighted by Gasteiger charge is -2.03. The fourth-order valence-electron chi connectivity index (χ4n) is 1.11. The minimum absolute atomic E-state index is 0.119. The van der Waals surface area contributed by atoms with Crippen LogP contribution in [0, 0.1) is 12.7 Å². The number of rotatable bonds is 2. The van der Waals surface area contributed by atoms with Crippen LogP contribution in [0.2, 0.25) is 6.82 Å². The van der Waals surface area contributed by atoms with Crippen LogP contribution in [0.25, 0.3) is 0 Å². The highest BCUT2D eigenvalue weighted by molar-refractivity contribution is 6.52. The predicted octanol–water partition coefficient (Wildman–Crippen LogP) is 1.32. The van der Waals surface area contributed by atoms with E-state index in [0.717, 1.165) is 11.0 Å². The first kappa shape index (κ1) is 8.98. The van der Waals surface area contributed by atoms with E-state index < -0.39 is 5.82 Å². The van der Waals surface area contributed by atoms with Crippen molar-refractivity contribution in [1.29, 1.82) is 0 Å². The summed E-state index contributed by atoms with van der Waals surface area (Å²) in [4.78, 5) is 10.4. The van der Waals surface area contributed by atoms with Gasteiger partial charge in [-0.1, -0.05) is 23.9 Å². The molecule has 61 valence electrons. The van der Waals surface area contributed by atoms with Crippen molar-refractivity contribution < 1.29 is 9.18 Å². The minimum atomic E-state index is -0.451. The Kier molecular flexibility index (Phi) is 2.63. The standard InChI is InChI=1S/C9H9BFO/c1-6-3-9(11)7(5-12)4-8(6)10-2/h3-5H,1-2H3. The molecule has 0 fully saturated rings. The molecular formula is C9H9BFO. The molecule has 0 unspecified atom stereocenters. The number of hydrogen-bond donors (Lipinski definition) is 0. The lowest BCUT2D eigenvalue weighted by molar-refractivity contribution is 0.112. The molecule has 1 nitrogen and oxygen atoms in total. The second-order valence-corrected chi connectivity index (χ2v) is 2.64. The second-order valence-electron chi connectivity index (χ2n) is 2.64. The topological polar surface area (TPSA) is 17.1 Å². The third kappa shape index (κ3) is 1.55. The zero-order valence-corrected chi connectivity index (χ0v) is 7.10. The third-order valence-electron chi connectivity index (χ3n) is 1.82. The van der Waals surface area contributed by atoms with Crippen LogP contribution < -0.4 is 5.46 Å². The largest absolute Gasteiger partial charge is 0.298 e. The molecule has 0 aromatic heterocycles. The summed E-state index contributed by atoms with van der Waals surface area (Å²) in [5.41, 5.74) is 1.87. The number of benzene rings is 1. The number of hydrogen-bond acceptors (Lipinski definition) is 1. The average Bonchev–Trinajstić information content (AvgIpc) is 2.05. The Bertz CT molecular complexity index is 310. The molecule has 12 heavy (non-hydrogen) atoms. The first-order chi connectivity index (χ1) is 5.69. The van der Waals surface area contributed by atoms with Gasteiger partial charge in [0.05, 0.1) is 0 Å². The molecule has 0 aliphatic heterocycles. The molecule has 3 heteroatoms. The van der Waals surface area contributed by atoms with Crippen molar-refractivity contribution in [2.45, 2.75) is 13.7 Å². The highest BCUT2D eigenvalue weighted by Gasteiger charge is 2.04. The fraction of sp³-hybridized carbons (Fsp3) is 0.222. The van der Waals surface area contributed by atoms with Crippen LogP contribution >= 0.6 is 0 Å². The van der Waals surface area contributed by atoms with E-state index in [1.165, 1.54) is 6.07 Å². The molecular weight excluding hydrogens is 154 g/mol. The number of aldehydes is 1. The molecule has 0 atom stereocenters. The summed E-state index contributed by atoms with van der Waals surface area (Å²) in [6.07, 6.45) is 0.530. The van der Waals surface area contributed by atoms with Crippen molar-refractivity contribution in [1.82, 2.24) is 0 Å². The van der Waals surface area contributed by atoms with Gasteiger partial charge in [0, 0.05) is 5.56 Å². The van der Waals surface area contributed by atoms with Crippen LogP contribution in [0.3, 0.4) is 0 Å². The van der Waals surface area contributed by atoms with Gasteiger partial charge in [0.2, 0.25) is 0 Å². The van der Waals surface area contributed by atoms with Gasteiger partial charge in [0.15, 0.2) is 6.29 Å². The van der Waals surface area contributed by atoms with Crippen LogP contribution in [-0.4, -0.2) is 13.6 Å². The van der Waals surface area contributed by atoms with E-state index in [1.54, 1.807) is 6.07 Å². The molecule has 0 heterocycles. The van der Waals surface area contributed by atoms with Gasteiger partial charge in [-0.15, -0.1) is 0 Å². The Morgan fingerprint density at radius 2 is 2.17 bits per heavy atom. The summed E-state index contributed by atoms with van der Waals surface area (Å²) in [5.74, 6) is -0.451. The molecule has 1 rings (SSSR count). The molecule has 0 amide bonds. The molecule has 0 saturated heterocycles. The number of carbonyl (C=O) groups excluding carboxylic acids is 1. The van der Waals surface area contributed by atoms with Gasteiger partial charge in [-0.25, -0.2) is 4.39 Å². The zero-order chi connectivity index (χ0) is 9.14. The van der Waals surface area contributed by atoms with Crippen molar-refractivity contribution in [3.05, 3.63) is 29.1 Å². The van der Waals surface area contributed by atoms with Crippen molar-refractivity contribution >= 4 is 19.0 Å². The van der Waals surface area contributed by atoms with Gasteiger partial charge in [0.25, 0.3) is 0 Å². The molecule has 0 bridgehead atoms.